The van der Waals surface area contributed by atoms with E-state index in [0.29, 0.717) is 6.04 Å². The molecule has 1 aliphatic rings. The third-order valence-electron chi connectivity index (χ3n) is 3.14. The molecule has 0 atom stereocenters. The number of nitrogens with zero attached hydrogens (tertiary/aromatic N) is 2. The summed E-state index contributed by atoms with van der Waals surface area (Å²) in [5.41, 5.74) is 0.562. The Morgan fingerprint density at radius 1 is 1.35 bits per heavy atom. The summed E-state index contributed by atoms with van der Waals surface area (Å²) in [6, 6.07) is 0.377. The van der Waals surface area contributed by atoms with E-state index in [1.807, 2.05) is 40.7 Å². The van der Waals surface area contributed by atoms with Gasteiger partial charge in [0, 0.05) is 24.8 Å². The minimum Gasteiger partial charge on any atom is -0.444 e. The number of allylic oxidation sites excluding steroid dienone is 2. The predicted molar refractivity (Wildman–Crippen MR) is 81.9 cm³/mol. The maximum Gasteiger partial charge on any atom is 0.410 e. The van der Waals surface area contributed by atoms with Crippen LogP contribution in [0.15, 0.2) is 16.8 Å². The molecule has 5 heteroatoms. The van der Waals surface area contributed by atoms with E-state index in [-0.39, 0.29) is 6.09 Å². The number of piperidine rings is 1. The lowest BCUT2D eigenvalue weighted by molar-refractivity contribution is 0.0203. The van der Waals surface area contributed by atoms with Crippen molar-refractivity contribution in [2.75, 3.05) is 13.1 Å². The number of aliphatic imine (C=N–C) groups is 1. The number of ether oxygens (including phenoxy) is 1. The molecule has 0 aliphatic carbocycles. The van der Waals surface area contributed by atoms with Gasteiger partial charge in [0.25, 0.3) is 0 Å². The van der Waals surface area contributed by atoms with Gasteiger partial charge < -0.3 is 15.0 Å². The number of hydrogen-bond acceptors (Lipinski definition) is 3. The summed E-state index contributed by atoms with van der Waals surface area (Å²) in [4.78, 5) is 17.9. The molecule has 0 aromatic rings. The van der Waals surface area contributed by atoms with Crippen LogP contribution in [-0.2, 0) is 4.74 Å². The second-order valence-corrected chi connectivity index (χ2v) is 6.10. The molecule has 20 heavy (non-hydrogen) atoms. The van der Waals surface area contributed by atoms with E-state index in [2.05, 4.69) is 10.3 Å². The quantitative estimate of drug-likeness (QED) is 0.639. The number of rotatable bonds is 3. The smallest absolute Gasteiger partial charge is 0.410 e. The molecule has 0 spiro atoms. The molecule has 114 valence electrons. The maximum absolute atomic E-state index is 11.9. The first-order valence-corrected chi connectivity index (χ1v) is 7.21. The molecule has 5 nitrogen and oxygen atoms in total. The lowest BCUT2D eigenvalue weighted by Crippen LogP contribution is -2.46. The van der Waals surface area contributed by atoms with Crippen LogP contribution >= 0.6 is 0 Å². The van der Waals surface area contributed by atoms with Gasteiger partial charge in [-0.1, -0.05) is 6.08 Å². The van der Waals surface area contributed by atoms with E-state index >= 15 is 0 Å². The molecule has 1 amide bonds. The van der Waals surface area contributed by atoms with Crippen molar-refractivity contribution in [3.8, 4) is 0 Å². The van der Waals surface area contributed by atoms with Gasteiger partial charge in [-0.25, -0.2) is 9.79 Å². The Morgan fingerprint density at radius 2 is 1.95 bits per heavy atom. The summed E-state index contributed by atoms with van der Waals surface area (Å²) in [6.45, 7) is 11.0. The molecular formula is C15H27N3O2. The van der Waals surface area contributed by atoms with Crippen molar-refractivity contribution in [1.82, 2.24) is 10.2 Å². The molecule has 1 aliphatic heterocycles. The van der Waals surface area contributed by atoms with E-state index in [4.69, 9.17) is 4.74 Å². The van der Waals surface area contributed by atoms with Gasteiger partial charge in [-0.2, -0.15) is 0 Å². The normalized spacial score (nSPS) is 18.4. The summed E-state index contributed by atoms with van der Waals surface area (Å²) < 4.78 is 5.37. The van der Waals surface area contributed by atoms with Crippen LogP contribution in [-0.4, -0.2) is 42.1 Å². The van der Waals surface area contributed by atoms with Gasteiger partial charge >= 0.3 is 6.09 Å². The van der Waals surface area contributed by atoms with Crippen molar-refractivity contribution in [2.45, 2.75) is 59.1 Å². The Kier molecular flexibility index (Phi) is 6.05. The van der Waals surface area contributed by atoms with E-state index in [1.165, 1.54) is 0 Å². The topological polar surface area (TPSA) is 53.9 Å². The van der Waals surface area contributed by atoms with Crippen LogP contribution in [0.2, 0.25) is 0 Å². The summed E-state index contributed by atoms with van der Waals surface area (Å²) >= 11 is 0. The standard InChI is InChI=1S/C15H27N3O2/c1-6-12(2)16-11-17-13-7-9-18(10-8-13)14(19)20-15(3,4)5/h6,11,13H,7-10H2,1-5H3,(H,16,17)/b12-6+. The van der Waals surface area contributed by atoms with Crippen LogP contribution in [0, 0.1) is 0 Å². The minimum atomic E-state index is -0.428. The monoisotopic (exact) mass is 281 g/mol. The Labute approximate surface area is 122 Å². The average Bonchev–Trinajstić information content (AvgIpc) is 2.37. The van der Waals surface area contributed by atoms with Gasteiger partial charge in [0.15, 0.2) is 0 Å². The van der Waals surface area contributed by atoms with Gasteiger partial charge in [0.2, 0.25) is 0 Å². The Morgan fingerprint density at radius 3 is 2.45 bits per heavy atom. The molecule has 0 unspecified atom stereocenters. The van der Waals surface area contributed by atoms with E-state index < -0.39 is 5.60 Å². The van der Waals surface area contributed by atoms with Gasteiger partial charge in [-0.3, -0.25) is 0 Å². The Balaban J connectivity index is 2.33. The summed E-state index contributed by atoms with van der Waals surface area (Å²) in [6.07, 6.45) is 5.33. The highest BCUT2D eigenvalue weighted by atomic mass is 16.6. The van der Waals surface area contributed by atoms with E-state index in [0.717, 1.165) is 31.6 Å². The largest absolute Gasteiger partial charge is 0.444 e. The minimum absolute atomic E-state index is 0.214. The lowest BCUT2D eigenvalue weighted by Gasteiger charge is -2.33. The number of amides is 1. The van der Waals surface area contributed by atoms with Crippen molar-refractivity contribution in [1.29, 1.82) is 0 Å². The maximum atomic E-state index is 11.9. The van der Waals surface area contributed by atoms with Crippen molar-refractivity contribution < 1.29 is 9.53 Å². The molecule has 0 aromatic heterocycles. The fraction of sp³-hybridized carbons (Fsp3) is 0.733. The number of carbonyl (C=O) groups excluding carboxylic acids is 1. The third kappa shape index (κ3) is 6.08. The summed E-state index contributed by atoms with van der Waals surface area (Å²) in [5, 5.41) is 3.28. The van der Waals surface area contributed by atoms with Gasteiger partial charge in [-0.15, -0.1) is 0 Å². The zero-order valence-corrected chi connectivity index (χ0v) is 13.3. The van der Waals surface area contributed by atoms with Gasteiger partial charge in [0.05, 0.1) is 6.34 Å². The van der Waals surface area contributed by atoms with Crippen molar-refractivity contribution in [3.63, 3.8) is 0 Å². The first-order valence-electron chi connectivity index (χ1n) is 7.21. The number of likely N-dealkylation sites (tertiary alicyclic amines) is 1. The molecule has 0 bridgehead atoms. The molecule has 1 saturated heterocycles. The molecule has 1 heterocycles. The second-order valence-electron chi connectivity index (χ2n) is 6.10. The average molecular weight is 281 g/mol. The lowest BCUT2D eigenvalue weighted by atomic mass is 10.1. The Bertz CT molecular complexity index is 375. The predicted octanol–water partition coefficient (Wildman–Crippen LogP) is 2.93. The Hall–Kier alpha value is -1.52. The number of carbonyl (C=O) groups is 1. The molecule has 1 fully saturated rings. The fourth-order valence-corrected chi connectivity index (χ4v) is 1.87. The van der Waals surface area contributed by atoms with Gasteiger partial charge in [-0.05, 0) is 47.5 Å². The zero-order valence-electron chi connectivity index (χ0n) is 13.3. The zero-order chi connectivity index (χ0) is 15.2. The highest BCUT2D eigenvalue weighted by Crippen LogP contribution is 2.15. The van der Waals surface area contributed by atoms with Gasteiger partial charge in [0.1, 0.15) is 5.60 Å². The summed E-state index contributed by atoms with van der Waals surface area (Å²) in [5.74, 6) is 0. The molecule has 0 saturated carbocycles. The molecule has 1 rings (SSSR count). The van der Waals surface area contributed by atoms with Crippen molar-refractivity contribution in [2.24, 2.45) is 4.99 Å². The van der Waals surface area contributed by atoms with Crippen LogP contribution < -0.4 is 5.32 Å². The van der Waals surface area contributed by atoms with Crippen molar-refractivity contribution in [3.05, 3.63) is 11.8 Å². The second kappa shape index (κ2) is 7.31. The molecule has 0 radical (unpaired) electrons. The third-order valence-corrected chi connectivity index (χ3v) is 3.14. The molecule has 1 N–H and O–H groups in total. The first-order chi connectivity index (χ1) is 9.31. The van der Waals surface area contributed by atoms with Crippen LogP contribution in [0.4, 0.5) is 4.79 Å². The van der Waals surface area contributed by atoms with E-state index in [9.17, 15) is 4.79 Å². The number of nitrogens with one attached hydrogen (secondary N) is 1. The summed E-state index contributed by atoms with van der Waals surface area (Å²) in [7, 11) is 0. The molecule has 0 aromatic carbocycles. The van der Waals surface area contributed by atoms with Crippen LogP contribution in [0.3, 0.4) is 0 Å². The van der Waals surface area contributed by atoms with Crippen LogP contribution in [0.5, 0.6) is 0 Å². The first kappa shape index (κ1) is 16.5. The highest BCUT2D eigenvalue weighted by molar-refractivity contribution is 5.68. The molecular weight excluding hydrogens is 254 g/mol. The fourth-order valence-electron chi connectivity index (χ4n) is 1.87. The van der Waals surface area contributed by atoms with Crippen LogP contribution in [0.25, 0.3) is 0 Å². The highest BCUT2D eigenvalue weighted by Gasteiger charge is 2.26. The van der Waals surface area contributed by atoms with Crippen LogP contribution in [0.1, 0.15) is 47.5 Å². The van der Waals surface area contributed by atoms with E-state index in [1.54, 1.807) is 11.2 Å². The number of hydrogen-bond donors (Lipinski definition) is 1. The van der Waals surface area contributed by atoms with Crippen molar-refractivity contribution >= 4 is 12.4 Å². The SMILES string of the molecule is C/C=C(C)/N=C\NC1CCN(C(=O)OC(C)(C)C)CC1.